The topological polar surface area (TPSA) is 86.6 Å². The Labute approximate surface area is 109 Å². The lowest BCUT2D eigenvalue weighted by atomic mass is 10.1. The van der Waals surface area contributed by atoms with E-state index in [9.17, 15) is 14.7 Å². The van der Waals surface area contributed by atoms with Crippen LogP contribution in [0.4, 0.5) is 0 Å². The van der Waals surface area contributed by atoms with Crippen LogP contribution in [0.2, 0.25) is 5.02 Å². The van der Waals surface area contributed by atoms with Gasteiger partial charge in [0, 0.05) is 0 Å². The minimum Gasteiger partial charge on any atom is -0.479 e. The van der Waals surface area contributed by atoms with Crippen LogP contribution in [-0.4, -0.2) is 34.2 Å². The van der Waals surface area contributed by atoms with Crippen LogP contribution in [0.25, 0.3) is 0 Å². The largest absolute Gasteiger partial charge is 0.479 e. The van der Waals surface area contributed by atoms with Gasteiger partial charge in [0.25, 0.3) is 5.91 Å². The summed E-state index contributed by atoms with van der Waals surface area (Å²) in [6, 6.07) is 4.89. The van der Waals surface area contributed by atoms with E-state index in [0.29, 0.717) is 0 Å². The number of nitrogens with one attached hydrogen (secondary N) is 1. The first-order chi connectivity index (χ1) is 8.24. The highest BCUT2D eigenvalue weighted by molar-refractivity contribution is 6.33. The molecule has 1 aromatic rings. The van der Waals surface area contributed by atoms with Crippen molar-refractivity contribution in [2.45, 2.75) is 19.4 Å². The van der Waals surface area contributed by atoms with E-state index in [1.54, 1.807) is 18.2 Å². The molecule has 98 valence electrons. The SMILES string of the molecule is Cc1ccc(C(=O)NCC(C)(O)C(=O)O)c(Cl)c1. The maximum Gasteiger partial charge on any atom is 0.337 e. The van der Waals surface area contributed by atoms with Crippen LogP contribution in [0.5, 0.6) is 0 Å². The molecule has 3 N–H and O–H groups in total. The Bertz CT molecular complexity index is 485. The molecule has 0 radical (unpaired) electrons. The van der Waals surface area contributed by atoms with Gasteiger partial charge in [0.05, 0.1) is 17.1 Å². The van der Waals surface area contributed by atoms with Crippen molar-refractivity contribution in [3.63, 3.8) is 0 Å². The molecule has 0 saturated carbocycles. The lowest BCUT2D eigenvalue weighted by Crippen LogP contribution is -2.46. The summed E-state index contributed by atoms with van der Waals surface area (Å²) in [5, 5.41) is 20.7. The average molecular weight is 272 g/mol. The third-order valence-corrected chi connectivity index (χ3v) is 2.74. The summed E-state index contributed by atoms with van der Waals surface area (Å²) in [4.78, 5) is 22.4. The highest BCUT2D eigenvalue weighted by atomic mass is 35.5. The van der Waals surface area contributed by atoms with Crippen molar-refractivity contribution in [3.05, 3.63) is 34.3 Å². The van der Waals surface area contributed by atoms with E-state index in [4.69, 9.17) is 16.7 Å². The third-order valence-electron chi connectivity index (χ3n) is 2.42. The number of benzene rings is 1. The Balaban J connectivity index is 2.75. The molecule has 18 heavy (non-hydrogen) atoms. The third kappa shape index (κ3) is 3.45. The molecule has 1 atom stereocenters. The number of hydrogen-bond acceptors (Lipinski definition) is 3. The zero-order valence-corrected chi connectivity index (χ0v) is 10.8. The van der Waals surface area contributed by atoms with Crippen LogP contribution in [0, 0.1) is 6.92 Å². The monoisotopic (exact) mass is 271 g/mol. The predicted octanol–water partition coefficient (Wildman–Crippen LogP) is 1.21. The number of carboxylic acids is 1. The Morgan fingerprint density at radius 1 is 1.44 bits per heavy atom. The van der Waals surface area contributed by atoms with Gasteiger partial charge in [-0.05, 0) is 31.5 Å². The quantitative estimate of drug-likeness (QED) is 0.768. The number of hydrogen-bond donors (Lipinski definition) is 3. The standard InChI is InChI=1S/C12H14ClNO4/c1-7-3-4-8(9(13)5-7)10(15)14-6-12(2,18)11(16)17/h3-5,18H,6H2,1-2H3,(H,14,15)(H,16,17). The zero-order valence-electron chi connectivity index (χ0n) is 10.0. The molecule has 0 heterocycles. The molecule has 5 nitrogen and oxygen atoms in total. The van der Waals surface area contributed by atoms with E-state index in [-0.39, 0.29) is 10.6 Å². The molecule has 1 unspecified atom stereocenters. The van der Waals surface area contributed by atoms with Crippen molar-refractivity contribution in [2.24, 2.45) is 0 Å². The van der Waals surface area contributed by atoms with E-state index < -0.39 is 24.0 Å². The van der Waals surface area contributed by atoms with Crippen molar-refractivity contribution in [3.8, 4) is 0 Å². The summed E-state index contributed by atoms with van der Waals surface area (Å²) >= 11 is 5.90. The summed E-state index contributed by atoms with van der Waals surface area (Å²) in [7, 11) is 0. The predicted molar refractivity (Wildman–Crippen MR) is 66.8 cm³/mol. The fraction of sp³-hybridized carbons (Fsp3) is 0.333. The van der Waals surface area contributed by atoms with Gasteiger partial charge in [-0.25, -0.2) is 4.79 Å². The fourth-order valence-corrected chi connectivity index (χ4v) is 1.55. The van der Waals surface area contributed by atoms with Crippen LogP contribution >= 0.6 is 11.6 Å². The highest BCUT2D eigenvalue weighted by Crippen LogP contribution is 2.17. The zero-order chi connectivity index (χ0) is 13.9. The minimum absolute atomic E-state index is 0.239. The molecule has 1 aromatic carbocycles. The van der Waals surface area contributed by atoms with Gasteiger partial charge in [0.1, 0.15) is 0 Å². The van der Waals surface area contributed by atoms with E-state index in [1.807, 2.05) is 6.92 Å². The van der Waals surface area contributed by atoms with E-state index in [0.717, 1.165) is 12.5 Å². The van der Waals surface area contributed by atoms with Crippen LogP contribution in [0.1, 0.15) is 22.8 Å². The lowest BCUT2D eigenvalue weighted by molar-refractivity contribution is -0.155. The number of carbonyl (C=O) groups is 2. The van der Waals surface area contributed by atoms with Crippen molar-refractivity contribution >= 4 is 23.5 Å². The molecule has 6 heteroatoms. The molecule has 0 saturated heterocycles. The Kier molecular flexibility index (Phi) is 4.32. The van der Waals surface area contributed by atoms with E-state index in [2.05, 4.69) is 5.32 Å². The number of halogens is 1. The maximum absolute atomic E-state index is 11.7. The summed E-state index contributed by atoms with van der Waals surface area (Å²) in [6.07, 6.45) is 0. The van der Waals surface area contributed by atoms with Crippen LogP contribution < -0.4 is 5.32 Å². The highest BCUT2D eigenvalue weighted by Gasteiger charge is 2.30. The molecule has 0 aliphatic heterocycles. The Morgan fingerprint density at radius 3 is 2.56 bits per heavy atom. The molecule has 0 fully saturated rings. The number of carbonyl (C=O) groups excluding carboxylic acids is 1. The number of aliphatic hydroxyl groups is 1. The molecule has 0 aliphatic carbocycles. The average Bonchev–Trinajstić information content (AvgIpc) is 2.25. The van der Waals surface area contributed by atoms with Crippen LogP contribution in [0.15, 0.2) is 18.2 Å². The van der Waals surface area contributed by atoms with Gasteiger partial charge in [-0.15, -0.1) is 0 Å². The first-order valence-corrected chi connectivity index (χ1v) is 5.62. The van der Waals surface area contributed by atoms with Gasteiger partial charge in [-0.2, -0.15) is 0 Å². The molecule has 1 amide bonds. The molecule has 0 spiro atoms. The Hall–Kier alpha value is -1.59. The van der Waals surface area contributed by atoms with Crippen LogP contribution in [0.3, 0.4) is 0 Å². The second kappa shape index (κ2) is 5.37. The van der Waals surface area contributed by atoms with Crippen molar-refractivity contribution in [2.75, 3.05) is 6.54 Å². The van der Waals surface area contributed by atoms with Gasteiger partial charge in [-0.1, -0.05) is 17.7 Å². The number of rotatable bonds is 4. The molecular weight excluding hydrogens is 258 g/mol. The summed E-state index contributed by atoms with van der Waals surface area (Å²) in [5.41, 5.74) is -0.857. The van der Waals surface area contributed by atoms with Crippen molar-refractivity contribution in [1.29, 1.82) is 0 Å². The lowest BCUT2D eigenvalue weighted by Gasteiger charge is -2.18. The summed E-state index contributed by atoms with van der Waals surface area (Å²) in [6.45, 7) is 2.54. The first kappa shape index (κ1) is 14.5. The molecule has 0 aliphatic rings. The van der Waals surface area contributed by atoms with Gasteiger partial charge >= 0.3 is 5.97 Å². The second-order valence-corrected chi connectivity index (χ2v) is 4.65. The van der Waals surface area contributed by atoms with Gasteiger partial charge in [-0.3, -0.25) is 4.79 Å². The smallest absolute Gasteiger partial charge is 0.337 e. The Morgan fingerprint density at radius 2 is 2.06 bits per heavy atom. The number of aliphatic carboxylic acids is 1. The second-order valence-electron chi connectivity index (χ2n) is 4.24. The fourth-order valence-electron chi connectivity index (χ4n) is 1.23. The minimum atomic E-state index is -2.01. The summed E-state index contributed by atoms with van der Waals surface area (Å²) in [5.74, 6) is -1.93. The normalized spacial score (nSPS) is 13.8. The van der Waals surface area contributed by atoms with E-state index >= 15 is 0 Å². The number of carboxylic acid groups (broad SMARTS) is 1. The summed E-state index contributed by atoms with van der Waals surface area (Å²) < 4.78 is 0. The molecule has 1 rings (SSSR count). The van der Waals surface area contributed by atoms with Gasteiger partial charge in [0.2, 0.25) is 0 Å². The number of aryl methyl sites for hydroxylation is 1. The molecule has 0 aromatic heterocycles. The van der Waals surface area contributed by atoms with Gasteiger partial charge < -0.3 is 15.5 Å². The van der Waals surface area contributed by atoms with Crippen molar-refractivity contribution < 1.29 is 19.8 Å². The van der Waals surface area contributed by atoms with Crippen LogP contribution in [-0.2, 0) is 4.79 Å². The van der Waals surface area contributed by atoms with Crippen molar-refractivity contribution in [1.82, 2.24) is 5.32 Å². The first-order valence-electron chi connectivity index (χ1n) is 5.24. The number of amides is 1. The maximum atomic E-state index is 11.7. The van der Waals surface area contributed by atoms with Gasteiger partial charge in [0.15, 0.2) is 5.60 Å². The molecular formula is C12H14ClNO4. The van der Waals surface area contributed by atoms with E-state index in [1.165, 1.54) is 0 Å². The molecule has 0 bridgehead atoms.